The highest BCUT2D eigenvalue weighted by Gasteiger charge is 2.21. The van der Waals surface area contributed by atoms with Crippen molar-refractivity contribution in [3.63, 3.8) is 0 Å². The number of non-ortho nitro benzene ring substituents is 1. The third-order valence-corrected chi connectivity index (χ3v) is 4.59. The van der Waals surface area contributed by atoms with Crippen LogP contribution >= 0.6 is 0 Å². The van der Waals surface area contributed by atoms with E-state index in [-0.39, 0.29) is 10.6 Å². The summed E-state index contributed by atoms with van der Waals surface area (Å²) in [5.41, 5.74) is 3.13. The lowest BCUT2D eigenvalue weighted by Gasteiger charge is -2.27. The van der Waals surface area contributed by atoms with Gasteiger partial charge in [-0.1, -0.05) is 30.3 Å². The van der Waals surface area contributed by atoms with Crippen LogP contribution in [0.15, 0.2) is 48.5 Å². The molecule has 1 aliphatic rings. The molecule has 0 saturated carbocycles. The maximum absolute atomic E-state index is 10.9. The van der Waals surface area contributed by atoms with Gasteiger partial charge in [-0.15, -0.1) is 0 Å². The van der Waals surface area contributed by atoms with Gasteiger partial charge in [-0.3, -0.25) is 15.0 Å². The second-order valence-electron chi connectivity index (χ2n) is 6.12. The average molecular weight is 322 g/mol. The van der Waals surface area contributed by atoms with Gasteiger partial charge in [0.25, 0.3) is 5.69 Å². The summed E-state index contributed by atoms with van der Waals surface area (Å²) in [5.74, 6) is 0.991. The molecule has 24 heavy (non-hydrogen) atoms. The summed E-state index contributed by atoms with van der Waals surface area (Å²) in [7, 11) is 0. The van der Waals surface area contributed by atoms with E-state index in [0.717, 1.165) is 43.9 Å². The highest BCUT2D eigenvalue weighted by atomic mass is 16.6. The van der Waals surface area contributed by atoms with Gasteiger partial charge in [-0.05, 0) is 18.1 Å². The van der Waals surface area contributed by atoms with Crippen LogP contribution in [0.3, 0.4) is 0 Å². The van der Waals surface area contributed by atoms with E-state index in [4.69, 9.17) is 0 Å². The predicted octanol–water partition coefficient (Wildman–Crippen LogP) is 3.00. The molecule has 2 heterocycles. The molecule has 0 atom stereocenters. The molecule has 122 valence electrons. The van der Waals surface area contributed by atoms with Gasteiger partial charge >= 0.3 is 0 Å². The largest absolute Gasteiger partial charge is 0.326 e. The van der Waals surface area contributed by atoms with Crippen molar-refractivity contribution in [2.75, 3.05) is 13.1 Å². The van der Waals surface area contributed by atoms with Crippen LogP contribution in [-0.4, -0.2) is 32.5 Å². The molecular weight excluding hydrogens is 304 g/mol. The number of imidazole rings is 1. The van der Waals surface area contributed by atoms with Crippen LogP contribution in [0.5, 0.6) is 0 Å². The fourth-order valence-corrected chi connectivity index (χ4v) is 3.30. The zero-order valence-corrected chi connectivity index (χ0v) is 13.3. The minimum absolute atomic E-state index is 0.0962. The van der Waals surface area contributed by atoms with Crippen molar-refractivity contribution in [2.45, 2.75) is 19.5 Å². The van der Waals surface area contributed by atoms with Gasteiger partial charge in [0.05, 0.1) is 22.5 Å². The first-order chi connectivity index (χ1) is 11.7. The lowest BCUT2D eigenvalue weighted by molar-refractivity contribution is -0.384. The van der Waals surface area contributed by atoms with Gasteiger partial charge in [0, 0.05) is 31.8 Å². The summed E-state index contributed by atoms with van der Waals surface area (Å²) in [6, 6.07) is 15.4. The van der Waals surface area contributed by atoms with E-state index < -0.39 is 0 Å². The van der Waals surface area contributed by atoms with Crippen molar-refractivity contribution in [3.05, 3.63) is 70.0 Å². The summed E-state index contributed by atoms with van der Waals surface area (Å²) in [5, 5.41) is 10.9. The van der Waals surface area contributed by atoms with E-state index >= 15 is 0 Å². The molecule has 3 aromatic rings. The number of benzene rings is 2. The van der Waals surface area contributed by atoms with E-state index in [2.05, 4.69) is 38.7 Å². The minimum atomic E-state index is -0.371. The van der Waals surface area contributed by atoms with Crippen LogP contribution < -0.4 is 0 Å². The molecular formula is C18H18N4O2. The molecule has 0 fully saturated rings. The van der Waals surface area contributed by atoms with Crippen LogP contribution in [-0.2, 0) is 19.5 Å². The van der Waals surface area contributed by atoms with Crippen LogP contribution in [0.4, 0.5) is 5.69 Å². The highest BCUT2D eigenvalue weighted by Crippen LogP contribution is 2.24. The number of hydrogen-bond donors (Lipinski definition) is 0. The Kier molecular flexibility index (Phi) is 3.74. The lowest BCUT2D eigenvalue weighted by atomic mass is 10.1. The Balaban J connectivity index is 1.52. The predicted molar refractivity (Wildman–Crippen MR) is 91.8 cm³/mol. The quantitative estimate of drug-likeness (QED) is 0.547. The summed E-state index contributed by atoms with van der Waals surface area (Å²) in [4.78, 5) is 17.6. The smallest absolute Gasteiger partial charge is 0.271 e. The topological polar surface area (TPSA) is 64.2 Å². The number of nitro groups is 1. The molecule has 0 amide bonds. The molecule has 1 aliphatic heterocycles. The molecule has 6 nitrogen and oxygen atoms in total. The van der Waals surface area contributed by atoms with E-state index in [1.807, 2.05) is 12.1 Å². The van der Waals surface area contributed by atoms with Gasteiger partial charge in [-0.25, -0.2) is 4.98 Å². The van der Waals surface area contributed by atoms with Crippen LogP contribution in [0.25, 0.3) is 11.0 Å². The number of hydrogen-bond acceptors (Lipinski definition) is 4. The van der Waals surface area contributed by atoms with E-state index in [9.17, 15) is 10.1 Å². The Morgan fingerprint density at radius 2 is 1.96 bits per heavy atom. The van der Waals surface area contributed by atoms with Crippen molar-refractivity contribution in [1.29, 1.82) is 0 Å². The third kappa shape index (κ3) is 2.76. The Hall–Kier alpha value is -2.73. The zero-order chi connectivity index (χ0) is 16.5. The molecule has 4 rings (SSSR count). The normalized spacial score (nSPS) is 14.7. The first-order valence-corrected chi connectivity index (χ1v) is 8.10. The maximum Gasteiger partial charge on any atom is 0.271 e. The Bertz CT molecular complexity index is 889. The van der Waals surface area contributed by atoms with Crippen LogP contribution in [0, 0.1) is 10.1 Å². The third-order valence-electron chi connectivity index (χ3n) is 4.59. The Morgan fingerprint density at radius 1 is 1.12 bits per heavy atom. The van der Waals surface area contributed by atoms with Crippen LogP contribution in [0.2, 0.25) is 0 Å². The van der Waals surface area contributed by atoms with Gasteiger partial charge in [0.1, 0.15) is 5.82 Å². The number of aromatic nitrogens is 2. The van der Waals surface area contributed by atoms with Crippen LogP contribution in [0.1, 0.15) is 11.4 Å². The van der Waals surface area contributed by atoms with Gasteiger partial charge in [0.2, 0.25) is 0 Å². The number of nitrogens with zero attached hydrogens (tertiary/aromatic N) is 4. The zero-order valence-electron chi connectivity index (χ0n) is 13.3. The van der Waals surface area contributed by atoms with E-state index in [1.54, 1.807) is 12.1 Å². The molecule has 0 aliphatic carbocycles. The van der Waals surface area contributed by atoms with Crippen molar-refractivity contribution in [3.8, 4) is 0 Å². The molecule has 0 radical (unpaired) electrons. The molecule has 0 spiro atoms. The van der Waals surface area contributed by atoms with Crippen molar-refractivity contribution in [1.82, 2.24) is 14.5 Å². The second kappa shape index (κ2) is 6.05. The van der Waals surface area contributed by atoms with Crippen molar-refractivity contribution in [2.24, 2.45) is 0 Å². The SMILES string of the molecule is O=[N+]([O-])c1ccc2c(c1)nc1n2CCN(CCc2ccccc2)C1. The summed E-state index contributed by atoms with van der Waals surface area (Å²) < 4.78 is 2.18. The van der Waals surface area contributed by atoms with E-state index in [0.29, 0.717) is 5.52 Å². The summed E-state index contributed by atoms with van der Waals surface area (Å²) in [6.07, 6.45) is 1.02. The molecule has 1 aromatic heterocycles. The molecule has 2 aromatic carbocycles. The number of rotatable bonds is 4. The fourth-order valence-electron chi connectivity index (χ4n) is 3.30. The van der Waals surface area contributed by atoms with Gasteiger partial charge < -0.3 is 4.57 Å². The Labute approximate surface area is 139 Å². The van der Waals surface area contributed by atoms with Gasteiger partial charge in [0.15, 0.2) is 0 Å². The summed E-state index contributed by atoms with van der Waals surface area (Å²) in [6.45, 7) is 3.63. The first kappa shape index (κ1) is 14.8. The maximum atomic E-state index is 10.9. The minimum Gasteiger partial charge on any atom is -0.326 e. The summed E-state index contributed by atoms with van der Waals surface area (Å²) >= 11 is 0. The second-order valence-corrected chi connectivity index (χ2v) is 6.12. The first-order valence-electron chi connectivity index (χ1n) is 8.10. The molecule has 0 N–H and O–H groups in total. The monoisotopic (exact) mass is 322 g/mol. The average Bonchev–Trinajstić information content (AvgIpc) is 2.97. The van der Waals surface area contributed by atoms with E-state index in [1.165, 1.54) is 5.56 Å². The molecule has 0 bridgehead atoms. The Morgan fingerprint density at radius 3 is 2.75 bits per heavy atom. The fraction of sp³-hybridized carbons (Fsp3) is 0.278. The molecule has 0 unspecified atom stereocenters. The standard InChI is InChI=1S/C18H18N4O2/c23-22(24)15-6-7-17-16(12-15)19-18-13-20(10-11-21(17)18)9-8-14-4-2-1-3-5-14/h1-7,12H,8-11,13H2. The van der Waals surface area contributed by atoms with Gasteiger partial charge in [-0.2, -0.15) is 0 Å². The molecule has 6 heteroatoms. The lowest BCUT2D eigenvalue weighted by Crippen LogP contribution is -2.35. The molecule has 0 saturated heterocycles. The number of fused-ring (bicyclic) bond motifs is 3. The highest BCUT2D eigenvalue weighted by molar-refractivity contribution is 5.78. The number of nitro benzene ring substituents is 1. The van der Waals surface area contributed by atoms with Crippen molar-refractivity contribution >= 4 is 16.7 Å². The van der Waals surface area contributed by atoms with Crippen molar-refractivity contribution < 1.29 is 4.92 Å².